The molecule has 0 bridgehead atoms. The van der Waals surface area contributed by atoms with Crippen molar-refractivity contribution in [3.8, 4) is 23.0 Å². The van der Waals surface area contributed by atoms with Crippen LogP contribution in [-0.2, 0) is 0 Å². The van der Waals surface area contributed by atoms with Crippen molar-refractivity contribution in [2.24, 2.45) is 0 Å². The molecule has 0 fully saturated rings. The lowest BCUT2D eigenvalue weighted by Crippen LogP contribution is -2.02. The quantitative estimate of drug-likeness (QED) is 0.655. The number of rotatable bonds is 5. The summed E-state index contributed by atoms with van der Waals surface area (Å²) < 4.78 is 10.3. The largest absolute Gasteiger partial charge is 0.508 e. The number of aromatic hydroxyl groups is 2. The van der Waals surface area contributed by atoms with Gasteiger partial charge < -0.3 is 19.7 Å². The molecule has 0 aliphatic rings. The van der Waals surface area contributed by atoms with Crippen molar-refractivity contribution >= 4 is 11.9 Å². The van der Waals surface area contributed by atoms with E-state index in [0.29, 0.717) is 0 Å². The van der Waals surface area contributed by atoms with Gasteiger partial charge in [-0.2, -0.15) is 0 Å². The molecule has 22 heavy (non-hydrogen) atoms. The molecule has 5 nitrogen and oxygen atoms in total. The maximum absolute atomic E-state index is 12.4. The van der Waals surface area contributed by atoms with Crippen molar-refractivity contribution in [3.05, 3.63) is 53.6 Å². The number of hydrogen-bond donors (Lipinski definition) is 2. The predicted molar refractivity (Wildman–Crippen MR) is 82.7 cm³/mol. The first-order valence-corrected chi connectivity index (χ1v) is 6.51. The van der Waals surface area contributed by atoms with Gasteiger partial charge in [-0.05, 0) is 23.8 Å². The third kappa shape index (κ3) is 3.38. The van der Waals surface area contributed by atoms with Crippen LogP contribution in [-0.4, -0.2) is 30.2 Å². The van der Waals surface area contributed by atoms with E-state index < -0.39 is 0 Å². The number of phenols is 2. The lowest BCUT2D eigenvalue weighted by atomic mass is 10.1. The first-order chi connectivity index (χ1) is 10.5. The van der Waals surface area contributed by atoms with Crippen molar-refractivity contribution in [3.63, 3.8) is 0 Å². The summed E-state index contributed by atoms with van der Waals surface area (Å²) in [6.07, 6.45) is 3.00. The Labute approximate surface area is 128 Å². The second-order valence-electron chi connectivity index (χ2n) is 4.51. The summed E-state index contributed by atoms with van der Waals surface area (Å²) in [6, 6.07) is 9.14. The number of methoxy groups -OCH3 is 2. The van der Waals surface area contributed by atoms with Crippen LogP contribution in [0.4, 0.5) is 0 Å². The molecule has 0 unspecified atom stereocenters. The number of phenolic OH excluding ortho intramolecular Hbond substituents is 2. The van der Waals surface area contributed by atoms with Crippen LogP contribution in [0.5, 0.6) is 23.0 Å². The number of carbonyl (C=O) groups is 1. The highest BCUT2D eigenvalue weighted by molar-refractivity contribution is 6.10. The highest BCUT2D eigenvalue weighted by Gasteiger charge is 2.17. The summed E-state index contributed by atoms with van der Waals surface area (Å²) >= 11 is 0. The van der Waals surface area contributed by atoms with E-state index in [1.54, 1.807) is 18.2 Å². The topological polar surface area (TPSA) is 76.0 Å². The second-order valence-corrected chi connectivity index (χ2v) is 4.51. The molecule has 0 spiro atoms. The monoisotopic (exact) mass is 300 g/mol. The lowest BCUT2D eigenvalue weighted by molar-refractivity contribution is 0.104. The van der Waals surface area contributed by atoms with E-state index >= 15 is 0 Å². The summed E-state index contributed by atoms with van der Waals surface area (Å²) in [5.74, 6) is 0.259. The Morgan fingerprint density at radius 3 is 2.00 bits per heavy atom. The number of ketones is 1. The minimum atomic E-state index is -0.318. The zero-order valence-corrected chi connectivity index (χ0v) is 12.2. The molecule has 0 amide bonds. The summed E-state index contributed by atoms with van der Waals surface area (Å²) in [7, 11) is 2.82. The molecule has 0 aromatic heterocycles. The first-order valence-electron chi connectivity index (χ1n) is 6.51. The summed E-state index contributed by atoms with van der Waals surface area (Å²) in [4.78, 5) is 12.4. The molecule has 2 rings (SSSR count). The van der Waals surface area contributed by atoms with Crippen molar-refractivity contribution in [1.82, 2.24) is 0 Å². The molecular weight excluding hydrogens is 284 g/mol. The Hall–Kier alpha value is -2.95. The Balaban J connectivity index is 2.34. The third-order valence-corrected chi connectivity index (χ3v) is 3.06. The fourth-order valence-electron chi connectivity index (χ4n) is 1.98. The minimum absolute atomic E-state index is 0.0484. The van der Waals surface area contributed by atoms with Gasteiger partial charge in [0.15, 0.2) is 5.78 Å². The molecule has 2 N–H and O–H groups in total. The van der Waals surface area contributed by atoms with Crippen molar-refractivity contribution < 1.29 is 24.5 Å². The van der Waals surface area contributed by atoms with Gasteiger partial charge in [-0.1, -0.05) is 18.2 Å². The minimum Gasteiger partial charge on any atom is -0.508 e. The van der Waals surface area contributed by atoms with Gasteiger partial charge in [0, 0.05) is 12.1 Å². The Morgan fingerprint density at radius 1 is 0.955 bits per heavy atom. The van der Waals surface area contributed by atoms with E-state index in [1.807, 2.05) is 0 Å². The molecule has 2 aromatic carbocycles. The zero-order chi connectivity index (χ0) is 16.1. The fraction of sp³-hybridized carbons (Fsp3) is 0.118. The number of hydrogen-bond acceptors (Lipinski definition) is 5. The van der Waals surface area contributed by atoms with E-state index in [-0.39, 0.29) is 34.3 Å². The van der Waals surface area contributed by atoms with Gasteiger partial charge >= 0.3 is 0 Å². The van der Waals surface area contributed by atoms with Crippen LogP contribution in [0.25, 0.3) is 6.08 Å². The SMILES string of the molecule is COc1cc(O)cc(OC)c1C(=O)C=Cc1ccc(O)cc1. The number of ether oxygens (including phenoxy) is 2. The smallest absolute Gasteiger partial charge is 0.193 e. The summed E-state index contributed by atoms with van der Waals surface area (Å²) in [5.41, 5.74) is 1.00. The molecule has 0 saturated heterocycles. The average molecular weight is 300 g/mol. The van der Waals surface area contributed by atoms with Crippen LogP contribution >= 0.6 is 0 Å². The maximum Gasteiger partial charge on any atom is 0.193 e. The van der Waals surface area contributed by atoms with Gasteiger partial charge in [-0.25, -0.2) is 0 Å². The van der Waals surface area contributed by atoms with Crippen LogP contribution in [0, 0.1) is 0 Å². The standard InChI is InChI=1S/C17H16O5/c1-21-15-9-13(19)10-16(22-2)17(15)14(20)8-5-11-3-6-12(18)7-4-11/h3-10,18-19H,1-2H3. The Bertz CT molecular complexity index is 676. The van der Waals surface area contributed by atoms with E-state index in [4.69, 9.17) is 9.47 Å². The highest BCUT2D eigenvalue weighted by Crippen LogP contribution is 2.34. The zero-order valence-electron chi connectivity index (χ0n) is 12.2. The molecule has 0 radical (unpaired) electrons. The molecule has 0 heterocycles. The van der Waals surface area contributed by atoms with E-state index in [0.717, 1.165) is 5.56 Å². The van der Waals surface area contributed by atoms with E-state index in [2.05, 4.69) is 0 Å². The summed E-state index contributed by atoms with van der Waals surface area (Å²) in [6.45, 7) is 0. The molecular formula is C17H16O5. The summed E-state index contributed by atoms with van der Waals surface area (Å²) in [5, 5.41) is 18.8. The molecule has 2 aromatic rings. The average Bonchev–Trinajstić information content (AvgIpc) is 2.53. The first kappa shape index (κ1) is 15.4. The van der Waals surface area contributed by atoms with E-state index in [9.17, 15) is 15.0 Å². The van der Waals surface area contributed by atoms with Crippen LogP contribution in [0.2, 0.25) is 0 Å². The van der Waals surface area contributed by atoms with Gasteiger partial charge in [0.2, 0.25) is 0 Å². The molecule has 0 saturated carbocycles. The van der Waals surface area contributed by atoms with Crippen molar-refractivity contribution in [2.45, 2.75) is 0 Å². The Kier molecular flexibility index (Phi) is 4.68. The van der Waals surface area contributed by atoms with Crippen molar-refractivity contribution in [1.29, 1.82) is 0 Å². The Morgan fingerprint density at radius 2 is 1.50 bits per heavy atom. The van der Waals surface area contributed by atoms with Crippen LogP contribution in [0.1, 0.15) is 15.9 Å². The van der Waals surface area contributed by atoms with Gasteiger partial charge in [0.05, 0.1) is 14.2 Å². The van der Waals surface area contributed by atoms with E-state index in [1.165, 1.54) is 44.6 Å². The highest BCUT2D eigenvalue weighted by atomic mass is 16.5. The van der Waals surface area contributed by atoms with Crippen LogP contribution < -0.4 is 9.47 Å². The van der Waals surface area contributed by atoms with Gasteiger partial charge in [0.1, 0.15) is 28.6 Å². The third-order valence-electron chi connectivity index (χ3n) is 3.06. The molecule has 114 valence electrons. The van der Waals surface area contributed by atoms with Gasteiger partial charge in [-0.15, -0.1) is 0 Å². The second kappa shape index (κ2) is 6.67. The molecule has 0 atom stereocenters. The molecule has 5 heteroatoms. The fourth-order valence-corrected chi connectivity index (χ4v) is 1.98. The van der Waals surface area contributed by atoms with Crippen LogP contribution in [0.15, 0.2) is 42.5 Å². The number of benzene rings is 2. The van der Waals surface area contributed by atoms with Gasteiger partial charge in [0.25, 0.3) is 0 Å². The van der Waals surface area contributed by atoms with Crippen LogP contribution in [0.3, 0.4) is 0 Å². The van der Waals surface area contributed by atoms with Crippen molar-refractivity contribution in [2.75, 3.05) is 14.2 Å². The molecule has 0 aliphatic heterocycles. The predicted octanol–water partition coefficient (Wildman–Crippen LogP) is 3.01. The number of carbonyl (C=O) groups excluding carboxylic acids is 1. The number of allylic oxidation sites excluding steroid dienone is 1. The van der Waals surface area contributed by atoms with Gasteiger partial charge in [-0.3, -0.25) is 4.79 Å². The molecule has 0 aliphatic carbocycles. The lowest BCUT2D eigenvalue weighted by Gasteiger charge is -2.11. The normalized spacial score (nSPS) is 10.6. The maximum atomic E-state index is 12.4.